The van der Waals surface area contributed by atoms with E-state index in [0.29, 0.717) is 12.0 Å². The maximum atomic E-state index is 13.0. The quantitative estimate of drug-likeness (QED) is 0.608. The third-order valence-corrected chi connectivity index (χ3v) is 4.83. The zero-order valence-corrected chi connectivity index (χ0v) is 15.8. The minimum Gasteiger partial charge on any atom is -0.447 e. The van der Waals surface area contributed by atoms with E-state index >= 15 is 0 Å². The van der Waals surface area contributed by atoms with E-state index in [0.717, 1.165) is 29.7 Å². The normalized spacial score (nSPS) is 17.2. The fraction of sp³-hybridized carbons (Fsp3) is 0.304. The summed E-state index contributed by atoms with van der Waals surface area (Å²) in [5.41, 5.74) is 3.42. The second kappa shape index (κ2) is 8.67. The van der Waals surface area contributed by atoms with Crippen molar-refractivity contribution >= 4 is 17.6 Å². The Bertz CT molecular complexity index is 842. The smallest absolute Gasteiger partial charge is 0.310 e. The number of carbonyl (C=O) groups is 2. The van der Waals surface area contributed by atoms with Crippen LogP contribution < -0.4 is 5.32 Å². The number of benzene rings is 2. The molecule has 0 radical (unpaired) electrons. The lowest BCUT2D eigenvalue weighted by Crippen LogP contribution is -2.29. The minimum atomic E-state index is -0.968. The Morgan fingerprint density at radius 1 is 1.07 bits per heavy atom. The lowest BCUT2D eigenvalue weighted by molar-refractivity contribution is -0.159. The first-order valence-corrected chi connectivity index (χ1v) is 9.33. The zero-order valence-electron chi connectivity index (χ0n) is 15.8. The first-order chi connectivity index (χ1) is 13.0. The summed E-state index contributed by atoms with van der Waals surface area (Å²) in [6.45, 7) is 3.91. The van der Waals surface area contributed by atoms with Crippen LogP contribution in [0.3, 0.4) is 0 Å². The molecule has 0 fully saturated rings. The van der Waals surface area contributed by atoms with E-state index in [-0.39, 0.29) is 17.8 Å². The second-order valence-corrected chi connectivity index (χ2v) is 7.02. The lowest BCUT2D eigenvalue weighted by Gasteiger charge is -2.22. The van der Waals surface area contributed by atoms with Gasteiger partial charge >= 0.3 is 5.97 Å². The molecular formula is C23H25NO3. The molecule has 0 aliphatic heterocycles. The predicted molar refractivity (Wildman–Crippen MR) is 106 cm³/mol. The van der Waals surface area contributed by atoms with Gasteiger partial charge in [-0.3, -0.25) is 9.59 Å². The molecule has 2 atom stereocenters. The van der Waals surface area contributed by atoms with Gasteiger partial charge in [0.2, 0.25) is 6.10 Å². The molecule has 1 aliphatic carbocycles. The van der Waals surface area contributed by atoms with Crippen molar-refractivity contribution in [2.24, 2.45) is 5.92 Å². The molecule has 0 bridgehead atoms. The number of aryl methyl sites for hydroxylation is 2. The highest BCUT2D eigenvalue weighted by Gasteiger charge is 2.29. The molecular weight excluding hydrogens is 338 g/mol. The van der Waals surface area contributed by atoms with Gasteiger partial charge in [-0.15, -0.1) is 0 Å². The van der Waals surface area contributed by atoms with Crippen molar-refractivity contribution in [3.05, 3.63) is 77.4 Å². The average Bonchev–Trinajstić information content (AvgIpc) is 2.70. The van der Waals surface area contributed by atoms with Crippen LogP contribution in [-0.4, -0.2) is 11.9 Å². The number of hydrogen-bond donors (Lipinski definition) is 1. The van der Waals surface area contributed by atoms with E-state index in [1.54, 1.807) is 12.1 Å². The summed E-state index contributed by atoms with van der Waals surface area (Å²) in [5.74, 6) is -0.839. The molecule has 4 heteroatoms. The zero-order chi connectivity index (χ0) is 19.2. The molecule has 3 rings (SSSR count). The SMILES string of the molecule is Cc1ccc(C)c(NC(=O)[C@H](OC(=O)[C@@H]2CC=CCC2)c2ccccc2)c1. The highest BCUT2D eigenvalue weighted by atomic mass is 16.5. The molecule has 1 aliphatic rings. The maximum Gasteiger partial charge on any atom is 0.310 e. The summed E-state index contributed by atoms with van der Waals surface area (Å²) in [7, 11) is 0. The Morgan fingerprint density at radius 3 is 2.56 bits per heavy atom. The van der Waals surface area contributed by atoms with Crippen LogP contribution >= 0.6 is 0 Å². The number of ether oxygens (including phenoxy) is 1. The number of hydrogen-bond acceptors (Lipinski definition) is 3. The Balaban J connectivity index is 1.81. The van der Waals surface area contributed by atoms with Gasteiger partial charge in [-0.2, -0.15) is 0 Å². The van der Waals surface area contributed by atoms with Gasteiger partial charge in [0, 0.05) is 11.3 Å². The van der Waals surface area contributed by atoms with Crippen LogP contribution in [0.1, 0.15) is 42.1 Å². The first kappa shape index (κ1) is 18.9. The topological polar surface area (TPSA) is 55.4 Å². The van der Waals surface area contributed by atoms with Crippen molar-refractivity contribution in [2.75, 3.05) is 5.32 Å². The Morgan fingerprint density at radius 2 is 1.85 bits per heavy atom. The van der Waals surface area contributed by atoms with Gasteiger partial charge in [-0.05, 0) is 50.3 Å². The van der Waals surface area contributed by atoms with Crippen molar-refractivity contribution in [3.8, 4) is 0 Å². The van der Waals surface area contributed by atoms with Crippen LogP contribution in [0.25, 0.3) is 0 Å². The van der Waals surface area contributed by atoms with Crippen molar-refractivity contribution in [3.63, 3.8) is 0 Å². The number of rotatable bonds is 5. The monoisotopic (exact) mass is 363 g/mol. The van der Waals surface area contributed by atoms with Gasteiger partial charge in [0.05, 0.1) is 5.92 Å². The molecule has 0 saturated heterocycles. The number of nitrogens with one attached hydrogen (secondary N) is 1. The van der Waals surface area contributed by atoms with E-state index < -0.39 is 6.10 Å². The number of allylic oxidation sites excluding steroid dienone is 2. The summed E-state index contributed by atoms with van der Waals surface area (Å²) < 4.78 is 5.70. The summed E-state index contributed by atoms with van der Waals surface area (Å²) in [6, 6.07) is 15.0. The number of anilines is 1. The highest BCUT2D eigenvalue weighted by molar-refractivity contribution is 5.96. The molecule has 1 amide bonds. The van der Waals surface area contributed by atoms with Gasteiger partial charge in [0.15, 0.2) is 0 Å². The third kappa shape index (κ3) is 4.85. The molecule has 0 aromatic heterocycles. The largest absolute Gasteiger partial charge is 0.447 e. The minimum absolute atomic E-state index is 0.185. The maximum absolute atomic E-state index is 13.0. The third-order valence-electron chi connectivity index (χ3n) is 4.83. The van der Waals surface area contributed by atoms with Crippen molar-refractivity contribution < 1.29 is 14.3 Å². The average molecular weight is 363 g/mol. The van der Waals surface area contributed by atoms with Crippen molar-refractivity contribution in [2.45, 2.75) is 39.2 Å². The standard InChI is InChI=1S/C23H25NO3/c1-16-13-14-17(2)20(15-16)24-22(25)21(18-9-5-3-6-10-18)27-23(26)19-11-7-4-8-12-19/h3-7,9-10,13-15,19,21H,8,11-12H2,1-2H3,(H,24,25)/t19-,21-/m1/s1. The second-order valence-electron chi connectivity index (χ2n) is 7.02. The number of esters is 1. The molecule has 1 N–H and O–H groups in total. The number of amides is 1. The first-order valence-electron chi connectivity index (χ1n) is 9.33. The van der Waals surface area contributed by atoms with E-state index in [4.69, 9.17) is 4.74 Å². The van der Waals surface area contributed by atoms with Gasteiger partial charge in [-0.1, -0.05) is 54.6 Å². The fourth-order valence-electron chi connectivity index (χ4n) is 3.19. The van der Waals surface area contributed by atoms with E-state index in [1.807, 2.05) is 56.3 Å². The molecule has 0 unspecified atom stereocenters. The molecule has 0 spiro atoms. The van der Waals surface area contributed by atoms with Gasteiger partial charge < -0.3 is 10.1 Å². The van der Waals surface area contributed by atoms with E-state index in [2.05, 4.69) is 11.4 Å². The predicted octanol–water partition coefficient (Wildman–Crippen LogP) is 4.88. The van der Waals surface area contributed by atoms with Crippen LogP contribution in [0.15, 0.2) is 60.7 Å². The fourth-order valence-corrected chi connectivity index (χ4v) is 3.19. The van der Waals surface area contributed by atoms with Gasteiger partial charge in [-0.25, -0.2) is 0 Å². The number of carbonyl (C=O) groups excluding carboxylic acids is 2. The van der Waals surface area contributed by atoms with Crippen LogP contribution in [0, 0.1) is 19.8 Å². The molecule has 0 heterocycles. The van der Waals surface area contributed by atoms with Crippen molar-refractivity contribution in [1.82, 2.24) is 0 Å². The Hall–Kier alpha value is -2.88. The molecule has 4 nitrogen and oxygen atoms in total. The summed E-state index contributed by atoms with van der Waals surface area (Å²) in [5, 5.41) is 2.93. The van der Waals surface area contributed by atoms with Crippen LogP contribution in [0.5, 0.6) is 0 Å². The molecule has 2 aromatic rings. The lowest BCUT2D eigenvalue weighted by atomic mass is 9.94. The van der Waals surface area contributed by atoms with Crippen LogP contribution in [0.4, 0.5) is 5.69 Å². The summed E-state index contributed by atoms with van der Waals surface area (Å²) >= 11 is 0. The summed E-state index contributed by atoms with van der Waals surface area (Å²) in [6.07, 6.45) is 5.40. The van der Waals surface area contributed by atoms with E-state index in [9.17, 15) is 9.59 Å². The molecule has 2 aromatic carbocycles. The molecule has 140 valence electrons. The summed E-state index contributed by atoms with van der Waals surface area (Å²) in [4.78, 5) is 25.6. The van der Waals surface area contributed by atoms with Gasteiger partial charge in [0.1, 0.15) is 0 Å². The molecule has 0 saturated carbocycles. The van der Waals surface area contributed by atoms with Crippen molar-refractivity contribution in [1.29, 1.82) is 0 Å². The highest BCUT2D eigenvalue weighted by Crippen LogP contribution is 2.26. The molecule has 27 heavy (non-hydrogen) atoms. The van der Waals surface area contributed by atoms with Gasteiger partial charge in [0.25, 0.3) is 5.91 Å². The van der Waals surface area contributed by atoms with Crippen LogP contribution in [-0.2, 0) is 14.3 Å². The Labute approximate surface area is 160 Å². The van der Waals surface area contributed by atoms with E-state index in [1.165, 1.54) is 0 Å². The Kier molecular flexibility index (Phi) is 6.07. The van der Waals surface area contributed by atoms with Crippen LogP contribution in [0.2, 0.25) is 0 Å².